The second kappa shape index (κ2) is 4.70. The van der Waals surface area contributed by atoms with Crippen molar-refractivity contribution in [1.29, 1.82) is 0 Å². The van der Waals surface area contributed by atoms with Crippen LogP contribution in [-0.2, 0) is 0 Å². The zero-order valence-corrected chi connectivity index (χ0v) is 8.51. The van der Waals surface area contributed by atoms with E-state index in [9.17, 15) is 4.79 Å². The molecule has 0 bridgehead atoms. The van der Waals surface area contributed by atoms with Crippen LogP contribution in [0.2, 0.25) is 0 Å². The number of amides is 1. The van der Waals surface area contributed by atoms with Crippen LogP contribution in [0.3, 0.4) is 0 Å². The number of hydrogen-bond acceptors (Lipinski definition) is 1. The Morgan fingerprint density at radius 1 is 1.58 bits per heavy atom. The molecule has 70 valence electrons. The molecule has 0 aliphatic heterocycles. The Morgan fingerprint density at radius 2 is 2.33 bits per heavy atom. The van der Waals surface area contributed by atoms with E-state index in [4.69, 9.17) is 5.11 Å². The van der Waals surface area contributed by atoms with E-state index in [2.05, 4.69) is 21.2 Å². The van der Waals surface area contributed by atoms with Gasteiger partial charge in [0, 0.05) is 11.4 Å². The largest absolute Gasteiger partial charge is 0.465 e. The molecule has 2 N–H and O–H groups in total. The molecule has 4 heteroatoms. The third kappa shape index (κ3) is 3.01. The monoisotopic (exact) mass is 235 g/mol. The predicted octanol–water partition coefficient (Wildman–Crippen LogP) is 2.21. The molecule has 1 saturated carbocycles. The molecule has 1 aliphatic carbocycles. The van der Waals surface area contributed by atoms with Gasteiger partial charge in [0.15, 0.2) is 0 Å². The van der Waals surface area contributed by atoms with Crippen molar-refractivity contribution in [3.05, 3.63) is 0 Å². The highest BCUT2D eigenvalue weighted by atomic mass is 79.9. The average Bonchev–Trinajstić information content (AvgIpc) is 2.03. The molecule has 3 nitrogen and oxygen atoms in total. The van der Waals surface area contributed by atoms with Crippen LogP contribution in [0, 0.1) is 5.92 Å². The molecule has 0 aromatic rings. The first-order valence-electron chi connectivity index (χ1n) is 4.27. The number of carbonyl (C=O) groups is 1. The second-order valence-electron chi connectivity index (χ2n) is 3.33. The number of nitrogens with one attached hydrogen (secondary N) is 1. The van der Waals surface area contributed by atoms with Crippen LogP contribution < -0.4 is 5.32 Å². The van der Waals surface area contributed by atoms with Gasteiger partial charge in [-0.25, -0.2) is 4.79 Å². The van der Waals surface area contributed by atoms with Crippen LogP contribution in [0.25, 0.3) is 0 Å². The topological polar surface area (TPSA) is 49.3 Å². The predicted molar refractivity (Wildman–Crippen MR) is 50.7 cm³/mol. The lowest BCUT2D eigenvalue weighted by molar-refractivity contribution is 0.182. The lowest BCUT2D eigenvalue weighted by atomic mass is 9.87. The second-order valence-corrected chi connectivity index (χ2v) is 3.98. The smallest absolute Gasteiger partial charge is 0.404 e. The van der Waals surface area contributed by atoms with E-state index in [-0.39, 0.29) is 6.04 Å². The molecule has 12 heavy (non-hydrogen) atoms. The van der Waals surface area contributed by atoms with Crippen molar-refractivity contribution < 1.29 is 9.90 Å². The molecule has 0 spiro atoms. The van der Waals surface area contributed by atoms with E-state index in [0.717, 1.165) is 24.6 Å². The fourth-order valence-electron chi connectivity index (χ4n) is 1.74. The summed E-state index contributed by atoms with van der Waals surface area (Å²) in [5, 5.41) is 12.0. The summed E-state index contributed by atoms with van der Waals surface area (Å²) in [7, 11) is 0. The van der Waals surface area contributed by atoms with E-state index in [1.54, 1.807) is 0 Å². The Morgan fingerprint density at radius 3 is 2.92 bits per heavy atom. The van der Waals surface area contributed by atoms with Gasteiger partial charge < -0.3 is 10.4 Å². The zero-order chi connectivity index (χ0) is 8.97. The summed E-state index contributed by atoms with van der Waals surface area (Å²) in [5.41, 5.74) is 0. The Hall–Kier alpha value is -0.250. The Bertz CT molecular complexity index is 163. The summed E-state index contributed by atoms with van der Waals surface area (Å²) in [4.78, 5) is 10.3. The minimum Gasteiger partial charge on any atom is -0.465 e. The van der Waals surface area contributed by atoms with Gasteiger partial charge in [0.25, 0.3) is 0 Å². The van der Waals surface area contributed by atoms with Crippen LogP contribution in [0.4, 0.5) is 4.79 Å². The number of carboxylic acid groups (broad SMARTS) is 1. The van der Waals surface area contributed by atoms with E-state index in [0.29, 0.717) is 5.92 Å². The van der Waals surface area contributed by atoms with Gasteiger partial charge in [-0.3, -0.25) is 0 Å². The maximum absolute atomic E-state index is 10.3. The van der Waals surface area contributed by atoms with E-state index in [1.807, 2.05) is 0 Å². The van der Waals surface area contributed by atoms with Gasteiger partial charge in [0.05, 0.1) is 0 Å². The van der Waals surface area contributed by atoms with Crippen LogP contribution in [0.1, 0.15) is 25.7 Å². The standard InChI is InChI=1S/C8H14BrNO2/c9-5-6-2-1-3-7(4-6)10-8(11)12/h6-7,10H,1-5H2,(H,11,12)/t6-,7+/m1/s1. The normalized spacial score (nSPS) is 29.8. The quantitative estimate of drug-likeness (QED) is 0.722. The van der Waals surface area contributed by atoms with Gasteiger partial charge >= 0.3 is 6.09 Å². The summed E-state index contributed by atoms with van der Waals surface area (Å²) in [5.74, 6) is 0.649. The van der Waals surface area contributed by atoms with Gasteiger partial charge in [-0.05, 0) is 25.2 Å². The minimum atomic E-state index is -0.893. The molecule has 0 aromatic heterocycles. The lowest BCUT2D eigenvalue weighted by Gasteiger charge is -2.27. The zero-order valence-electron chi connectivity index (χ0n) is 6.92. The number of alkyl halides is 1. The summed E-state index contributed by atoms with van der Waals surface area (Å²) in [6.45, 7) is 0. The van der Waals surface area contributed by atoms with Crippen LogP contribution in [0.5, 0.6) is 0 Å². The Kier molecular flexibility index (Phi) is 3.85. The highest BCUT2D eigenvalue weighted by molar-refractivity contribution is 9.09. The van der Waals surface area contributed by atoms with Crippen molar-refractivity contribution in [1.82, 2.24) is 5.32 Å². The first kappa shape index (κ1) is 9.84. The maximum Gasteiger partial charge on any atom is 0.404 e. The average molecular weight is 236 g/mol. The fourth-order valence-corrected chi connectivity index (χ4v) is 2.32. The molecule has 0 aromatic carbocycles. The lowest BCUT2D eigenvalue weighted by Crippen LogP contribution is -2.37. The SMILES string of the molecule is O=C(O)N[C@H]1CCC[C@@H](CBr)C1. The molecule has 0 saturated heterocycles. The van der Waals surface area contributed by atoms with Gasteiger partial charge in [0.1, 0.15) is 0 Å². The highest BCUT2D eigenvalue weighted by Crippen LogP contribution is 2.25. The van der Waals surface area contributed by atoms with E-state index < -0.39 is 6.09 Å². The third-order valence-corrected chi connectivity index (χ3v) is 3.24. The van der Waals surface area contributed by atoms with Crippen molar-refractivity contribution in [2.75, 3.05) is 5.33 Å². The Labute approximate surface area is 80.7 Å². The summed E-state index contributed by atoms with van der Waals surface area (Å²) >= 11 is 3.43. The fraction of sp³-hybridized carbons (Fsp3) is 0.875. The van der Waals surface area contributed by atoms with Gasteiger partial charge in [-0.1, -0.05) is 22.4 Å². The molecule has 2 atom stereocenters. The van der Waals surface area contributed by atoms with Crippen molar-refractivity contribution in [2.45, 2.75) is 31.7 Å². The first-order valence-corrected chi connectivity index (χ1v) is 5.40. The number of rotatable bonds is 2. The minimum absolute atomic E-state index is 0.179. The van der Waals surface area contributed by atoms with Crippen molar-refractivity contribution >= 4 is 22.0 Å². The number of hydrogen-bond donors (Lipinski definition) is 2. The van der Waals surface area contributed by atoms with Gasteiger partial charge in [0.2, 0.25) is 0 Å². The van der Waals surface area contributed by atoms with Crippen LogP contribution in [-0.4, -0.2) is 22.6 Å². The Balaban J connectivity index is 2.30. The molecule has 0 radical (unpaired) electrons. The van der Waals surface area contributed by atoms with Crippen molar-refractivity contribution in [3.63, 3.8) is 0 Å². The van der Waals surface area contributed by atoms with E-state index >= 15 is 0 Å². The van der Waals surface area contributed by atoms with Gasteiger partial charge in [-0.15, -0.1) is 0 Å². The van der Waals surface area contributed by atoms with Gasteiger partial charge in [-0.2, -0.15) is 0 Å². The molecule has 1 amide bonds. The summed E-state index contributed by atoms with van der Waals surface area (Å²) < 4.78 is 0. The molecule has 1 aliphatic rings. The summed E-state index contributed by atoms with van der Waals surface area (Å²) in [6, 6.07) is 0.179. The molecular weight excluding hydrogens is 222 g/mol. The molecule has 1 rings (SSSR count). The molecular formula is C8H14BrNO2. The van der Waals surface area contributed by atoms with Crippen LogP contribution in [0.15, 0.2) is 0 Å². The number of halogens is 1. The van der Waals surface area contributed by atoms with Crippen LogP contribution >= 0.6 is 15.9 Å². The molecule has 1 fully saturated rings. The molecule has 0 heterocycles. The third-order valence-electron chi connectivity index (χ3n) is 2.33. The highest BCUT2D eigenvalue weighted by Gasteiger charge is 2.21. The van der Waals surface area contributed by atoms with Crippen molar-refractivity contribution in [2.24, 2.45) is 5.92 Å². The molecule has 0 unspecified atom stereocenters. The maximum atomic E-state index is 10.3. The van der Waals surface area contributed by atoms with E-state index in [1.165, 1.54) is 6.42 Å². The van der Waals surface area contributed by atoms with Crippen molar-refractivity contribution in [3.8, 4) is 0 Å². The summed E-state index contributed by atoms with van der Waals surface area (Å²) in [6.07, 6.45) is 3.45. The first-order chi connectivity index (χ1) is 5.72.